The minimum atomic E-state index is -3.19. The summed E-state index contributed by atoms with van der Waals surface area (Å²) < 4.78 is 12.4. The van der Waals surface area contributed by atoms with Crippen LogP contribution < -0.4 is 21.2 Å². The first-order chi connectivity index (χ1) is 27.4. The Morgan fingerprint density at radius 1 is 0.825 bits per heavy atom. The van der Waals surface area contributed by atoms with E-state index < -0.39 is 39.2 Å². The Bertz CT molecular complexity index is 2160. The SMILES string of the molecule is C=CCOC(=O)C(N1C(=O)[C@H]([C@@H](C)O[Si](C)(C)C)[C@H]1CC(=O)c1ccc(CC(=O)Nc2ccncc2)cc1)=P(c1ccccc1)(c1ccccc1)c1ccccc1. The summed E-state index contributed by atoms with van der Waals surface area (Å²) in [6.45, 7) is 8.58. The number of hydrogen-bond acceptors (Lipinski definition) is 7. The lowest BCUT2D eigenvalue weighted by atomic mass is 9.79. The smallest absolute Gasteiger partial charge is 0.356 e. The van der Waals surface area contributed by atoms with Gasteiger partial charge in [-0.2, -0.15) is 0 Å². The number of likely N-dealkylation sites (tertiary alicyclic amines) is 1. The van der Waals surface area contributed by atoms with Gasteiger partial charge in [-0.1, -0.05) is 128 Å². The van der Waals surface area contributed by atoms with Gasteiger partial charge < -0.3 is 19.4 Å². The first kappa shape index (κ1) is 41.0. The largest absolute Gasteiger partial charge is 0.457 e. The lowest BCUT2D eigenvalue weighted by Gasteiger charge is -2.52. The number of ether oxygens (including phenoxy) is 1. The Morgan fingerprint density at radius 2 is 1.35 bits per heavy atom. The number of pyridine rings is 1. The molecule has 9 nitrogen and oxygen atoms in total. The van der Waals surface area contributed by atoms with Crippen molar-refractivity contribution in [3.8, 4) is 0 Å². The molecule has 1 N–H and O–H groups in total. The van der Waals surface area contributed by atoms with Crippen LogP contribution in [-0.4, -0.2) is 65.9 Å². The van der Waals surface area contributed by atoms with Gasteiger partial charge in [-0.25, -0.2) is 4.79 Å². The van der Waals surface area contributed by atoms with Gasteiger partial charge in [-0.15, -0.1) is 0 Å². The predicted octanol–water partition coefficient (Wildman–Crippen LogP) is 6.76. The zero-order chi connectivity index (χ0) is 40.6. The van der Waals surface area contributed by atoms with E-state index in [-0.39, 0.29) is 42.5 Å². The van der Waals surface area contributed by atoms with Gasteiger partial charge >= 0.3 is 5.97 Å². The van der Waals surface area contributed by atoms with Crippen molar-refractivity contribution < 1.29 is 28.3 Å². The van der Waals surface area contributed by atoms with E-state index in [0.29, 0.717) is 11.3 Å². The van der Waals surface area contributed by atoms with Gasteiger partial charge in [-0.3, -0.25) is 19.4 Å². The van der Waals surface area contributed by atoms with Gasteiger partial charge in [0, 0.05) is 37.0 Å². The van der Waals surface area contributed by atoms with Crippen LogP contribution in [0.15, 0.2) is 152 Å². The summed E-state index contributed by atoms with van der Waals surface area (Å²) in [6, 6.07) is 38.9. The normalized spacial score (nSPS) is 15.9. The maximum Gasteiger partial charge on any atom is 0.356 e. The molecule has 2 heterocycles. The maximum atomic E-state index is 14.9. The lowest BCUT2D eigenvalue weighted by Crippen LogP contribution is -2.69. The summed E-state index contributed by atoms with van der Waals surface area (Å²) in [6.07, 6.45) is 4.23. The second kappa shape index (κ2) is 18.1. The average Bonchev–Trinajstić information content (AvgIpc) is 3.20. The molecule has 5 aromatic rings. The highest BCUT2D eigenvalue weighted by molar-refractivity contribution is 7.96. The molecule has 4 aromatic carbocycles. The minimum absolute atomic E-state index is 0.0716. The molecular weight excluding hydrogens is 750 g/mol. The van der Waals surface area contributed by atoms with Crippen LogP contribution in [0.2, 0.25) is 19.6 Å². The number of amides is 2. The number of benzene rings is 4. The summed E-state index contributed by atoms with van der Waals surface area (Å²) in [5.41, 5.74) is 2.00. The average molecular weight is 798 g/mol. The Morgan fingerprint density at radius 3 is 1.84 bits per heavy atom. The van der Waals surface area contributed by atoms with Gasteiger partial charge in [0.1, 0.15) is 12.0 Å². The molecule has 0 radical (unpaired) electrons. The number of hydrogen-bond donors (Lipinski definition) is 1. The van der Waals surface area contributed by atoms with Crippen LogP contribution in [0.3, 0.4) is 0 Å². The van der Waals surface area contributed by atoms with Crippen LogP contribution >= 0.6 is 6.89 Å². The summed E-state index contributed by atoms with van der Waals surface area (Å²) >= 11 is 0. The van der Waals surface area contributed by atoms with E-state index >= 15 is 0 Å². The number of esters is 1. The van der Waals surface area contributed by atoms with Crippen molar-refractivity contribution in [2.24, 2.45) is 5.92 Å². The first-order valence-electron chi connectivity index (χ1n) is 19.0. The summed E-state index contributed by atoms with van der Waals surface area (Å²) in [5.74, 6) is -2.07. The van der Waals surface area contributed by atoms with Crippen LogP contribution in [-0.2, 0) is 30.0 Å². The highest BCUT2D eigenvalue weighted by Crippen LogP contribution is 2.50. The molecule has 0 saturated carbocycles. The second-order valence-corrected chi connectivity index (χ2v) is 22.7. The highest BCUT2D eigenvalue weighted by Gasteiger charge is 2.56. The molecule has 1 aliphatic rings. The van der Waals surface area contributed by atoms with E-state index in [2.05, 4.69) is 36.5 Å². The summed E-state index contributed by atoms with van der Waals surface area (Å²) in [7, 11) is -2.15. The zero-order valence-electron chi connectivity index (χ0n) is 32.7. The highest BCUT2D eigenvalue weighted by atomic mass is 31.2. The van der Waals surface area contributed by atoms with Gasteiger partial charge in [-0.05, 0) is 60.2 Å². The Balaban J connectivity index is 1.48. The number of ketones is 1. The van der Waals surface area contributed by atoms with Gasteiger partial charge in [0.2, 0.25) is 11.8 Å². The number of rotatable bonds is 16. The molecule has 1 aliphatic heterocycles. The fraction of sp³-hybridized carbons (Fsp3) is 0.217. The van der Waals surface area contributed by atoms with Gasteiger partial charge in [0.25, 0.3) is 0 Å². The Kier molecular flexibility index (Phi) is 13.0. The van der Waals surface area contributed by atoms with E-state index in [9.17, 15) is 19.2 Å². The fourth-order valence-electron chi connectivity index (χ4n) is 7.50. The number of carbonyl (C=O) groups excluding carboxylic acids is 4. The first-order valence-corrected chi connectivity index (χ1v) is 24.2. The quantitative estimate of drug-likeness (QED) is 0.0293. The zero-order valence-corrected chi connectivity index (χ0v) is 34.6. The molecule has 11 heteroatoms. The number of nitrogens with one attached hydrogen (secondary N) is 1. The molecular formula is C46H48N3O6PSi. The number of aromatic nitrogens is 1. The van der Waals surface area contributed by atoms with Crippen molar-refractivity contribution in [2.45, 2.75) is 51.6 Å². The number of nitrogens with zero attached hydrogens (tertiary/aromatic N) is 2. The standard InChI is InChI=1S/C46H48N3O6PSi/c1-6-30-54-46(53)45(56(37-16-10-7-11-17-37,38-18-12-8-13-19-38)39-20-14-9-15-21-39)49-40(43(44(49)52)33(2)55-57(3,4)5)32-41(50)35-24-22-34(23-25-35)31-42(51)48-36-26-28-47-29-27-36/h6-29,33,40,43H,1,30-32H2,2-5H3,(H,47,48,51)/t33-,40-,43-/m1/s1. The molecule has 57 heavy (non-hydrogen) atoms. The minimum Gasteiger partial charge on any atom is -0.457 e. The second-order valence-electron chi connectivity index (χ2n) is 14.9. The Labute approximate surface area is 335 Å². The third kappa shape index (κ3) is 9.15. The molecule has 6 rings (SSSR count). The number of carbonyl (C=O) groups is 4. The van der Waals surface area contributed by atoms with E-state index in [1.165, 1.54) is 6.08 Å². The maximum absolute atomic E-state index is 14.9. The third-order valence-corrected chi connectivity index (χ3v) is 15.1. The molecule has 0 unspecified atom stereocenters. The monoisotopic (exact) mass is 797 g/mol. The lowest BCUT2D eigenvalue weighted by molar-refractivity contribution is -0.156. The predicted molar refractivity (Wildman–Crippen MR) is 231 cm³/mol. The van der Waals surface area contributed by atoms with Gasteiger partial charge in [0.15, 0.2) is 14.1 Å². The van der Waals surface area contributed by atoms with Crippen molar-refractivity contribution in [1.82, 2.24) is 9.88 Å². The van der Waals surface area contributed by atoms with E-state index in [0.717, 1.165) is 21.5 Å². The topological polar surface area (TPSA) is 115 Å². The van der Waals surface area contributed by atoms with Crippen LogP contribution in [0.25, 0.3) is 0 Å². The fourth-order valence-corrected chi connectivity index (χ4v) is 13.2. The van der Waals surface area contributed by atoms with Crippen LogP contribution in [0.5, 0.6) is 0 Å². The number of Topliss-reactive ketones (excluding diaryl/α,β-unsaturated/α-hetero) is 1. The molecule has 1 fully saturated rings. The van der Waals surface area contributed by atoms with Crippen molar-refractivity contribution in [3.63, 3.8) is 0 Å². The van der Waals surface area contributed by atoms with Crippen molar-refractivity contribution in [1.29, 1.82) is 0 Å². The molecule has 3 atom stereocenters. The van der Waals surface area contributed by atoms with Crippen LogP contribution in [0.4, 0.5) is 5.69 Å². The van der Waals surface area contributed by atoms with Crippen molar-refractivity contribution in [3.05, 3.63) is 164 Å². The Hall–Kier alpha value is -5.67. The molecule has 0 spiro atoms. The summed E-state index contributed by atoms with van der Waals surface area (Å²) in [5, 5.41) is 5.41. The van der Waals surface area contributed by atoms with Gasteiger partial charge in [0.05, 0.1) is 24.5 Å². The molecule has 0 aliphatic carbocycles. The molecule has 1 aromatic heterocycles. The van der Waals surface area contributed by atoms with Crippen LogP contribution in [0.1, 0.15) is 29.3 Å². The van der Waals surface area contributed by atoms with E-state index in [1.54, 1.807) is 53.7 Å². The molecule has 1 saturated heterocycles. The summed E-state index contributed by atoms with van der Waals surface area (Å²) in [4.78, 5) is 62.5. The van der Waals surface area contributed by atoms with Crippen molar-refractivity contribution in [2.75, 3.05) is 11.9 Å². The number of β-lactam (4-membered cyclic amide) rings is 1. The van der Waals surface area contributed by atoms with Crippen LogP contribution in [0, 0.1) is 5.92 Å². The molecule has 2 amide bonds. The third-order valence-electron chi connectivity index (χ3n) is 9.80. The van der Waals surface area contributed by atoms with E-state index in [4.69, 9.17) is 9.16 Å². The number of anilines is 1. The molecule has 292 valence electrons. The van der Waals surface area contributed by atoms with E-state index in [1.807, 2.05) is 97.9 Å². The van der Waals surface area contributed by atoms with Crippen molar-refractivity contribution >= 4 is 65.8 Å². The molecule has 0 bridgehead atoms.